The standard InChI is InChI=1S/C12H9N5O3S/c1-2-19-11(18)10-16-17-12(20-10)21-8-4-3-7-9(15-8)14-6-5-13-7/h3-6H,2H2,1H3. The lowest BCUT2D eigenvalue weighted by Crippen LogP contribution is -2.04. The Morgan fingerprint density at radius 3 is 3.00 bits per heavy atom. The van der Waals surface area contributed by atoms with Crippen LogP contribution in [0, 0.1) is 0 Å². The summed E-state index contributed by atoms with van der Waals surface area (Å²) < 4.78 is 9.97. The van der Waals surface area contributed by atoms with Gasteiger partial charge in [-0.25, -0.2) is 14.8 Å². The first-order chi connectivity index (χ1) is 10.3. The lowest BCUT2D eigenvalue weighted by Gasteiger charge is -1.98. The summed E-state index contributed by atoms with van der Waals surface area (Å²) in [6.07, 6.45) is 3.16. The molecule has 0 aliphatic carbocycles. The number of fused-ring (bicyclic) bond motifs is 1. The number of hydrogen-bond donors (Lipinski definition) is 0. The van der Waals surface area contributed by atoms with E-state index in [-0.39, 0.29) is 17.7 Å². The van der Waals surface area contributed by atoms with E-state index < -0.39 is 5.97 Å². The highest BCUT2D eigenvalue weighted by molar-refractivity contribution is 7.99. The van der Waals surface area contributed by atoms with Crippen molar-refractivity contribution in [2.24, 2.45) is 0 Å². The lowest BCUT2D eigenvalue weighted by molar-refractivity contribution is 0.0475. The van der Waals surface area contributed by atoms with E-state index in [0.29, 0.717) is 16.2 Å². The van der Waals surface area contributed by atoms with Gasteiger partial charge in [-0.15, -0.1) is 5.10 Å². The van der Waals surface area contributed by atoms with E-state index >= 15 is 0 Å². The molecule has 3 aromatic rings. The first-order valence-corrected chi connectivity index (χ1v) is 6.84. The monoisotopic (exact) mass is 303 g/mol. The van der Waals surface area contributed by atoms with E-state index in [1.165, 1.54) is 0 Å². The van der Waals surface area contributed by atoms with Crippen LogP contribution in [-0.2, 0) is 4.74 Å². The van der Waals surface area contributed by atoms with E-state index in [2.05, 4.69) is 25.1 Å². The third-order valence-electron chi connectivity index (χ3n) is 2.35. The van der Waals surface area contributed by atoms with Crippen molar-refractivity contribution in [2.45, 2.75) is 17.2 Å². The fourth-order valence-corrected chi connectivity index (χ4v) is 2.16. The van der Waals surface area contributed by atoms with Crippen molar-refractivity contribution in [3.8, 4) is 0 Å². The molecule has 0 saturated heterocycles. The molecule has 0 fully saturated rings. The first kappa shape index (κ1) is 13.4. The molecule has 0 saturated carbocycles. The number of rotatable bonds is 4. The maximum absolute atomic E-state index is 11.4. The molecule has 9 heteroatoms. The molecule has 0 radical (unpaired) electrons. The average Bonchev–Trinajstić information content (AvgIpc) is 2.96. The number of carbonyl (C=O) groups excluding carboxylic acids is 1. The van der Waals surface area contributed by atoms with Gasteiger partial charge in [-0.1, -0.05) is 5.10 Å². The van der Waals surface area contributed by atoms with Gasteiger partial charge in [-0.2, -0.15) is 0 Å². The van der Waals surface area contributed by atoms with Gasteiger partial charge in [0, 0.05) is 12.4 Å². The molecule has 0 aromatic carbocycles. The molecule has 0 unspecified atom stereocenters. The second-order valence-corrected chi connectivity index (χ2v) is 4.72. The largest absolute Gasteiger partial charge is 0.459 e. The SMILES string of the molecule is CCOC(=O)c1nnc(Sc2ccc3nccnc3n2)o1. The number of ether oxygens (including phenoxy) is 1. The Kier molecular flexibility index (Phi) is 3.73. The van der Waals surface area contributed by atoms with Gasteiger partial charge in [-0.3, -0.25) is 4.98 Å². The summed E-state index contributed by atoms with van der Waals surface area (Å²) in [5.74, 6) is -0.825. The molecule has 0 spiro atoms. The molecule has 0 atom stereocenters. The van der Waals surface area contributed by atoms with Crippen LogP contribution < -0.4 is 0 Å². The summed E-state index contributed by atoms with van der Waals surface area (Å²) >= 11 is 1.13. The van der Waals surface area contributed by atoms with Crippen LogP contribution in [0.1, 0.15) is 17.6 Å². The van der Waals surface area contributed by atoms with Crippen molar-refractivity contribution in [1.29, 1.82) is 0 Å². The van der Waals surface area contributed by atoms with Gasteiger partial charge >= 0.3 is 11.9 Å². The van der Waals surface area contributed by atoms with Crippen molar-refractivity contribution in [3.05, 3.63) is 30.4 Å². The minimum atomic E-state index is -0.644. The molecule has 3 aromatic heterocycles. The maximum atomic E-state index is 11.4. The Morgan fingerprint density at radius 2 is 2.14 bits per heavy atom. The summed E-state index contributed by atoms with van der Waals surface area (Å²) in [6.45, 7) is 1.94. The van der Waals surface area contributed by atoms with Crippen LogP contribution in [0.4, 0.5) is 0 Å². The highest BCUT2D eigenvalue weighted by Gasteiger charge is 2.17. The van der Waals surface area contributed by atoms with Crippen LogP contribution in [-0.4, -0.2) is 37.7 Å². The van der Waals surface area contributed by atoms with E-state index in [1.54, 1.807) is 31.5 Å². The molecule has 3 rings (SSSR count). The third kappa shape index (κ3) is 2.97. The van der Waals surface area contributed by atoms with Crippen LogP contribution in [0.5, 0.6) is 0 Å². The highest BCUT2D eigenvalue weighted by atomic mass is 32.2. The number of nitrogens with zero attached hydrogens (tertiary/aromatic N) is 5. The fraction of sp³-hybridized carbons (Fsp3) is 0.167. The van der Waals surface area contributed by atoms with Gasteiger partial charge in [0.15, 0.2) is 5.65 Å². The molecule has 8 nitrogen and oxygen atoms in total. The minimum absolute atomic E-state index is 0.181. The number of aromatic nitrogens is 5. The minimum Gasteiger partial charge on any atom is -0.459 e. The number of hydrogen-bond acceptors (Lipinski definition) is 9. The molecule has 0 N–H and O–H groups in total. The molecule has 0 bridgehead atoms. The number of esters is 1. The van der Waals surface area contributed by atoms with Crippen molar-refractivity contribution < 1.29 is 13.9 Å². The molecule has 106 valence electrons. The zero-order valence-corrected chi connectivity index (χ0v) is 11.7. The fourth-order valence-electron chi connectivity index (χ4n) is 1.51. The summed E-state index contributed by atoms with van der Waals surface area (Å²) in [7, 11) is 0. The molecule has 21 heavy (non-hydrogen) atoms. The Labute approximate surface area is 123 Å². The number of carbonyl (C=O) groups is 1. The topological polar surface area (TPSA) is 104 Å². The van der Waals surface area contributed by atoms with Gasteiger partial charge in [0.2, 0.25) is 0 Å². The first-order valence-electron chi connectivity index (χ1n) is 6.02. The van der Waals surface area contributed by atoms with E-state index in [9.17, 15) is 4.79 Å². The van der Waals surface area contributed by atoms with Crippen molar-refractivity contribution in [2.75, 3.05) is 6.61 Å². The second-order valence-electron chi connectivity index (χ2n) is 3.74. The maximum Gasteiger partial charge on any atom is 0.396 e. The van der Waals surface area contributed by atoms with Gasteiger partial charge in [0.25, 0.3) is 5.22 Å². The smallest absolute Gasteiger partial charge is 0.396 e. The van der Waals surface area contributed by atoms with E-state index in [1.807, 2.05) is 0 Å². The zero-order valence-electron chi connectivity index (χ0n) is 10.9. The number of pyridine rings is 1. The van der Waals surface area contributed by atoms with Gasteiger partial charge in [-0.05, 0) is 30.8 Å². The molecule has 3 heterocycles. The summed E-state index contributed by atoms with van der Waals surface area (Å²) in [5.41, 5.74) is 1.22. The summed E-state index contributed by atoms with van der Waals surface area (Å²) in [5, 5.41) is 8.21. The second kappa shape index (κ2) is 5.83. The van der Waals surface area contributed by atoms with Crippen LogP contribution in [0.15, 0.2) is 39.2 Å². The Hall–Kier alpha value is -2.55. The van der Waals surface area contributed by atoms with E-state index in [0.717, 1.165) is 11.8 Å². The Bertz CT molecular complexity index is 791. The Balaban J connectivity index is 1.80. The van der Waals surface area contributed by atoms with Gasteiger partial charge in [0.05, 0.1) is 6.61 Å². The van der Waals surface area contributed by atoms with Gasteiger partial charge < -0.3 is 9.15 Å². The molecular formula is C12H9N5O3S. The zero-order chi connectivity index (χ0) is 14.7. The van der Waals surface area contributed by atoms with Crippen LogP contribution in [0.25, 0.3) is 11.2 Å². The van der Waals surface area contributed by atoms with Crippen molar-refractivity contribution >= 4 is 28.9 Å². The summed E-state index contributed by atoms with van der Waals surface area (Å²) in [4.78, 5) is 24.0. The highest BCUT2D eigenvalue weighted by Crippen LogP contribution is 2.25. The Morgan fingerprint density at radius 1 is 1.29 bits per heavy atom. The van der Waals surface area contributed by atoms with Crippen LogP contribution in [0.2, 0.25) is 0 Å². The molecule has 0 amide bonds. The molecule has 0 aliphatic heterocycles. The normalized spacial score (nSPS) is 10.7. The lowest BCUT2D eigenvalue weighted by atomic mass is 10.4. The third-order valence-corrected chi connectivity index (χ3v) is 3.13. The van der Waals surface area contributed by atoms with Crippen molar-refractivity contribution in [1.82, 2.24) is 25.1 Å². The van der Waals surface area contributed by atoms with Crippen molar-refractivity contribution in [3.63, 3.8) is 0 Å². The average molecular weight is 303 g/mol. The van der Waals surface area contributed by atoms with Crippen LogP contribution in [0.3, 0.4) is 0 Å². The molecule has 0 aliphatic rings. The quantitative estimate of drug-likeness (QED) is 0.666. The predicted octanol–water partition coefficient (Wildman–Crippen LogP) is 1.74. The van der Waals surface area contributed by atoms with E-state index in [4.69, 9.17) is 9.15 Å². The molecular weight excluding hydrogens is 294 g/mol. The summed E-state index contributed by atoms with van der Waals surface area (Å²) in [6, 6.07) is 3.55. The van der Waals surface area contributed by atoms with Gasteiger partial charge in [0.1, 0.15) is 10.5 Å². The van der Waals surface area contributed by atoms with Crippen LogP contribution >= 0.6 is 11.8 Å². The predicted molar refractivity (Wildman–Crippen MR) is 71.7 cm³/mol.